The largest absolute Gasteiger partial charge is 0.416 e. The van der Waals surface area contributed by atoms with Gasteiger partial charge in [0.25, 0.3) is 0 Å². The SMILES string of the molecule is CCOC(CO[SiH2]CCCOCC1CO1)(OCC)OCC. The Balaban J connectivity index is 2.06. The van der Waals surface area contributed by atoms with Gasteiger partial charge >= 0.3 is 5.97 Å². The van der Waals surface area contributed by atoms with Gasteiger partial charge in [0, 0.05) is 26.4 Å². The summed E-state index contributed by atoms with van der Waals surface area (Å²) in [5.41, 5.74) is 0. The van der Waals surface area contributed by atoms with Crippen LogP contribution in [0.3, 0.4) is 0 Å². The van der Waals surface area contributed by atoms with Gasteiger partial charge in [-0.3, -0.25) is 0 Å². The molecule has 0 aromatic rings. The van der Waals surface area contributed by atoms with E-state index in [9.17, 15) is 0 Å². The van der Waals surface area contributed by atoms with E-state index in [2.05, 4.69) is 0 Å². The molecule has 6 nitrogen and oxygen atoms in total. The molecule has 0 aromatic heterocycles. The van der Waals surface area contributed by atoms with E-state index in [-0.39, 0.29) is 0 Å². The second-order valence-electron chi connectivity index (χ2n) is 4.77. The van der Waals surface area contributed by atoms with E-state index in [1.54, 1.807) is 0 Å². The molecule has 21 heavy (non-hydrogen) atoms. The molecule has 0 saturated carbocycles. The van der Waals surface area contributed by atoms with Gasteiger partial charge in [-0.15, -0.1) is 0 Å². The highest BCUT2D eigenvalue weighted by Gasteiger charge is 2.32. The van der Waals surface area contributed by atoms with Gasteiger partial charge in [0.1, 0.15) is 12.7 Å². The summed E-state index contributed by atoms with van der Waals surface area (Å²) in [6.07, 6.45) is 1.38. The normalized spacial score (nSPS) is 18.7. The fourth-order valence-electron chi connectivity index (χ4n) is 1.89. The topological polar surface area (TPSA) is 58.7 Å². The predicted molar refractivity (Wildman–Crippen MR) is 82.1 cm³/mol. The lowest BCUT2D eigenvalue weighted by atomic mass is 10.5. The second kappa shape index (κ2) is 11.5. The molecule has 1 saturated heterocycles. The van der Waals surface area contributed by atoms with Gasteiger partial charge in [0.05, 0.1) is 13.2 Å². The number of hydrogen-bond donors (Lipinski definition) is 0. The fourth-order valence-corrected chi connectivity index (χ4v) is 2.90. The van der Waals surface area contributed by atoms with Gasteiger partial charge in [0.15, 0.2) is 9.76 Å². The molecule has 0 amide bonds. The van der Waals surface area contributed by atoms with Crippen molar-refractivity contribution in [3.05, 3.63) is 0 Å². The molecule has 0 N–H and O–H groups in total. The first-order valence-corrected chi connectivity index (χ1v) is 9.53. The van der Waals surface area contributed by atoms with Crippen molar-refractivity contribution in [2.45, 2.75) is 45.3 Å². The lowest BCUT2D eigenvalue weighted by Crippen LogP contribution is -2.44. The van der Waals surface area contributed by atoms with E-state index in [1.807, 2.05) is 20.8 Å². The highest BCUT2D eigenvalue weighted by molar-refractivity contribution is 6.26. The zero-order valence-electron chi connectivity index (χ0n) is 13.6. The number of hydrogen-bond acceptors (Lipinski definition) is 6. The van der Waals surface area contributed by atoms with Crippen molar-refractivity contribution < 1.29 is 28.1 Å². The van der Waals surface area contributed by atoms with Gasteiger partial charge in [-0.1, -0.05) is 0 Å². The van der Waals surface area contributed by atoms with Crippen LogP contribution in [0.1, 0.15) is 27.2 Å². The molecule has 0 bridgehead atoms. The van der Waals surface area contributed by atoms with Gasteiger partial charge in [0.2, 0.25) is 0 Å². The van der Waals surface area contributed by atoms with Crippen molar-refractivity contribution >= 4 is 9.76 Å². The van der Waals surface area contributed by atoms with E-state index in [1.165, 1.54) is 0 Å². The summed E-state index contributed by atoms with van der Waals surface area (Å²) in [4.78, 5) is 0. The summed E-state index contributed by atoms with van der Waals surface area (Å²) in [7, 11) is -0.602. The molecule has 1 rings (SSSR count). The summed E-state index contributed by atoms with van der Waals surface area (Å²) in [5, 5.41) is 0. The Hall–Kier alpha value is -0.0231. The Morgan fingerprint density at radius 3 is 2.24 bits per heavy atom. The van der Waals surface area contributed by atoms with E-state index in [0.29, 0.717) is 32.5 Å². The Labute approximate surface area is 130 Å². The van der Waals surface area contributed by atoms with E-state index < -0.39 is 15.7 Å². The van der Waals surface area contributed by atoms with Crippen LogP contribution in [0.5, 0.6) is 0 Å². The summed E-state index contributed by atoms with van der Waals surface area (Å²) in [6, 6.07) is 1.08. The van der Waals surface area contributed by atoms with Crippen molar-refractivity contribution in [2.24, 2.45) is 0 Å². The average molecular weight is 322 g/mol. The van der Waals surface area contributed by atoms with Crippen molar-refractivity contribution in [3.63, 3.8) is 0 Å². The molecular formula is C14H30O6Si. The minimum absolute atomic E-state index is 0.339. The molecule has 1 atom stereocenters. The van der Waals surface area contributed by atoms with E-state index in [4.69, 9.17) is 28.1 Å². The highest BCUT2D eigenvalue weighted by Crippen LogP contribution is 2.16. The average Bonchev–Trinajstić information content (AvgIpc) is 3.27. The van der Waals surface area contributed by atoms with Crippen LogP contribution in [0.25, 0.3) is 0 Å². The minimum Gasteiger partial charge on any atom is -0.416 e. The van der Waals surface area contributed by atoms with Crippen molar-refractivity contribution in [1.29, 1.82) is 0 Å². The zero-order chi connectivity index (χ0) is 15.4. The second-order valence-corrected chi connectivity index (χ2v) is 6.30. The molecule has 1 unspecified atom stereocenters. The number of rotatable bonds is 15. The quantitative estimate of drug-likeness (QED) is 0.195. The van der Waals surface area contributed by atoms with Crippen LogP contribution >= 0.6 is 0 Å². The molecule has 0 aliphatic carbocycles. The Morgan fingerprint density at radius 2 is 1.71 bits per heavy atom. The number of epoxide rings is 1. The third kappa shape index (κ3) is 8.87. The van der Waals surface area contributed by atoms with Gasteiger partial charge in [-0.2, -0.15) is 0 Å². The van der Waals surface area contributed by atoms with Crippen LogP contribution in [0, 0.1) is 0 Å². The summed E-state index contributed by atoms with van der Waals surface area (Å²) in [5.74, 6) is -1.04. The fraction of sp³-hybridized carbons (Fsp3) is 1.00. The standard InChI is InChI=1S/C14H30O6Si/c1-4-17-14(18-5-2,19-6-3)12-20-21-9-7-8-15-10-13-11-16-13/h13H,4-12,21H2,1-3H3. The smallest absolute Gasteiger partial charge is 0.306 e. The monoisotopic (exact) mass is 322 g/mol. The van der Waals surface area contributed by atoms with E-state index in [0.717, 1.165) is 32.3 Å². The van der Waals surface area contributed by atoms with Crippen molar-refractivity contribution in [1.82, 2.24) is 0 Å². The van der Waals surface area contributed by atoms with Crippen molar-refractivity contribution in [3.8, 4) is 0 Å². The third-order valence-corrected chi connectivity index (χ3v) is 4.19. The maximum atomic E-state index is 5.78. The van der Waals surface area contributed by atoms with Crippen molar-refractivity contribution in [2.75, 3.05) is 46.2 Å². The lowest BCUT2D eigenvalue weighted by Gasteiger charge is -2.32. The molecule has 1 aliphatic rings. The molecule has 0 radical (unpaired) electrons. The molecule has 0 spiro atoms. The molecule has 1 fully saturated rings. The Morgan fingerprint density at radius 1 is 1.10 bits per heavy atom. The predicted octanol–water partition coefficient (Wildman–Crippen LogP) is 1.07. The van der Waals surface area contributed by atoms with Crippen LogP contribution in [-0.2, 0) is 28.1 Å². The van der Waals surface area contributed by atoms with Gasteiger partial charge in [-0.05, 0) is 33.2 Å². The highest BCUT2D eigenvalue weighted by atomic mass is 28.2. The molecule has 1 heterocycles. The summed E-state index contributed by atoms with van der Waals surface area (Å²) < 4.78 is 33.2. The molecular weight excluding hydrogens is 292 g/mol. The van der Waals surface area contributed by atoms with Crippen LogP contribution in [0.2, 0.25) is 6.04 Å². The number of ether oxygens (including phenoxy) is 5. The van der Waals surface area contributed by atoms with Crippen LogP contribution in [-0.4, -0.2) is 68.1 Å². The summed E-state index contributed by atoms with van der Waals surface area (Å²) in [6.45, 7) is 10.1. The summed E-state index contributed by atoms with van der Waals surface area (Å²) >= 11 is 0. The first-order chi connectivity index (χ1) is 10.3. The Bertz CT molecular complexity index is 233. The molecule has 0 aromatic carbocycles. The first kappa shape index (κ1) is 19.0. The zero-order valence-corrected chi connectivity index (χ0v) is 15.0. The Kier molecular flexibility index (Phi) is 10.4. The van der Waals surface area contributed by atoms with E-state index >= 15 is 0 Å². The minimum atomic E-state index is -1.04. The van der Waals surface area contributed by atoms with Crippen LogP contribution < -0.4 is 0 Å². The van der Waals surface area contributed by atoms with Gasteiger partial charge in [-0.25, -0.2) is 0 Å². The molecule has 126 valence electrons. The molecule has 7 heteroatoms. The maximum absolute atomic E-state index is 5.78. The van der Waals surface area contributed by atoms with Gasteiger partial charge < -0.3 is 28.1 Å². The lowest BCUT2D eigenvalue weighted by molar-refractivity contribution is -0.385. The van der Waals surface area contributed by atoms with Crippen LogP contribution in [0.4, 0.5) is 0 Å². The van der Waals surface area contributed by atoms with Crippen LogP contribution in [0.15, 0.2) is 0 Å². The maximum Gasteiger partial charge on any atom is 0.306 e. The third-order valence-electron chi connectivity index (χ3n) is 2.91. The first-order valence-electron chi connectivity index (χ1n) is 7.95. The molecule has 1 aliphatic heterocycles.